The number of nitrogens with zero attached hydrogens (tertiary/aromatic N) is 3. The molecule has 1 aromatic carbocycles. The summed E-state index contributed by atoms with van der Waals surface area (Å²) < 4.78 is 13.7. The topological polar surface area (TPSA) is 61.6 Å². The van der Waals surface area contributed by atoms with Gasteiger partial charge < -0.3 is 5.32 Å². The second-order valence-corrected chi connectivity index (χ2v) is 4.42. The number of aromatic nitrogens is 2. The van der Waals surface area contributed by atoms with E-state index in [4.69, 9.17) is 5.26 Å². The third-order valence-electron chi connectivity index (χ3n) is 2.87. The van der Waals surface area contributed by atoms with E-state index in [0.717, 1.165) is 18.5 Å². The Kier molecular flexibility index (Phi) is 4.61. The highest BCUT2D eigenvalue weighted by Gasteiger charge is 2.04. The predicted octanol–water partition coefficient (Wildman–Crippen LogP) is 3.05. The first-order valence-electron chi connectivity index (χ1n) is 6.46. The maximum atomic E-state index is 13.7. The Morgan fingerprint density at radius 3 is 2.85 bits per heavy atom. The van der Waals surface area contributed by atoms with Gasteiger partial charge in [-0.2, -0.15) is 5.26 Å². The lowest BCUT2D eigenvalue weighted by Gasteiger charge is -2.07. The van der Waals surface area contributed by atoms with E-state index in [1.54, 1.807) is 12.1 Å². The van der Waals surface area contributed by atoms with Crippen molar-refractivity contribution in [1.29, 1.82) is 5.26 Å². The Hall–Kier alpha value is -2.48. The Bertz CT molecular complexity index is 634. The molecule has 0 bridgehead atoms. The minimum absolute atomic E-state index is 0.318. The molecule has 2 rings (SSSR count). The first-order valence-corrected chi connectivity index (χ1v) is 6.46. The molecule has 0 spiro atoms. The molecular weight excluding hydrogens is 255 g/mol. The van der Waals surface area contributed by atoms with Crippen LogP contribution in [0.3, 0.4) is 0 Å². The van der Waals surface area contributed by atoms with Crippen molar-refractivity contribution in [2.75, 3.05) is 5.32 Å². The van der Waals surface area contributed by atoms with Crippen LogP contribution in [0.1, 0.15) is 30.2 Å². The molecule has 1 N–H and O–H groups in total. The van der Waals surface area contributed by atoms with Crippen molar-refractivity contribution in [3.8, 4) is 6.07 Å². The monoisotopic (exact) mass is 270 g/mol. The average molecular weight is 270 g/mol. The summed E-state index contributed by atoms with van der Waals surface area (Å²) in [5, 5.41) is 11.8. The number of rotatable bonds is 5. The number of hydrogen-bond donors (Lipinski definition) is 1. The van der Waals surface area contributed by atoms with Crippen LogP contribution in [0.15, 0.2) is 30.6 Å². The molecule has 1 heterocycles. The molecule has 0 aliphatic heterocycles. The molecule has 0 saturated heterocycles. The molecule has 0 atom stereocenters. The summed E-state index contributed by atoms with van der Waals surface area (Å²) in [4.78, 5) is 8.27. The number of nitriles is 1. The highest BCUT2D eigenvalue weighted by atomic mass is 19.1. The van der Waals surface area contributed by atoms with Gasteiger partial charge in [-0.3, -0.25) is 0 Å². The molecule has 4 nitrogen and oxygen atoms in total. The van der Waals surface area contributed by atoms with Crippen molar-refractivity contribution in [3.63, 3.8) is 0 Å². The molecule has 0 aliphatic carbocycles. The van der Waals surface area contributed by atoms with Crippen LogP contribution in [0, 0.1) is 17.1 Å². The van der Waals surface area contributed by atoms with Crippen molar-refractivity contribution in [2.45, 2.75) is 26.3 Å². The molecule has 0 radical (unpaired) electrons. The van der Waals surface area contributed by atoms with Crippen molar-refractivity contribution in [2.24, 2.45) is 0 Å². The summed E-state index contributed by atoms with van der Waals surface area (Å²) in [6.45, 7) is 2.40. The Balaban J connectivity index is 2.05. The smallest absolute Gasteiger partial charge is 0.129 e. The van der Waals surface area contributed by atoms with E-state index in [-0.39, 0.29) is 5.82 Å². The molecule has 0 amide bonds. The van der Waals surface area contributed by atoms with Gasteiger partial charge in [0, 0.05) is 23.9 Å². The molecule has 5 heteroatoms. The summed E-state index contributed by atoms with van der Waals surface area (Å²) in [7, 11) is 0. The zero-order valence-corrected chi connectivity index (χ0v) is 11.2. The number of benzene rings is 1. The molecule has 0 fully saturated rings. The lowest BCUT2D eigenvalue weighted by Crippen LogP contribution is -2.04. The molecule has 0 unspecified atom stereocenters. The summed E-state index contributed by atoms with van der Waals surface area (Å²) >= 11 is 0. The van der Waals surface area contributed by atoms with E-state index in [2.05, 4.69) is 22.2 Å². The number of halogens is 1. The van der Waals surface area contributed by atoms with E-state index in [9.17, 15) is 4.39 Å². The lowest BCUT2D eigenvalue weighted by atomic mass is 10.1. The van der Waals surface area contributed by atoms with Gasteiger partial charge in [0.2, 0.25) is 0 Å². The fraction of sp³-hybridized carbons (Fsp3) is 0.267. The Labute approximate surface area is 117 Å². The fourth-order valence-electron chi connectivity index (χ4n) is 1.83. The van der Waals surface area contributed by atoms with Crippen LogP contribution in [0.4, 0.5) is 10.2 Å². The van der Waals surface area contributed by atoms with Crippen LogP contribution >= 0.6 is 0 Å². The Morgan fingerprint density at radius 2 is 2.15 bits per heavy atom. The minimum atomic E-state index is -0.389. The van der Waals surface area contributed by atoms with Crippen LogP contribution in [-0.2, 0) is 13.0 Å². The standard InChI is InChI=1S/C15H15FN4/c1-2-3-13-7-15(20-10-19-13)18-9-12-5-4-11(8-17)6-14(12)16/h4-7,10H,2-3,9H2,1H3,(H,18,19,20). The van der Waals surface area contributed by atoms with Gasteiger partial charge in [0.15, 0.2) is 0 Å². The van der Waals surface area contributed by atoms with Gasteiger partial charge in [0.05, 0.1) is 11.6 Å². The van der Waals surface area contributed by atoms with Crippen molar-refractivity contribution in [1.82, 2.24) is 9.97 Å². The summed E-state index contributed by atoms with van der Waals surface area (Å²) in [5.41, 5.74) is 1.78. The molecule has 2 aromatic rings. The molecule has 102 valence electrons. The number of anilines is 1. The van der Waals surface area contributed by atoms with Gasteiger partial charge in [0.25, 0.3) is 0 Å². The van der Waals surface area contributed by atoms with Crippen LogP contribution < -0.4 is 5.32 Å². The average Bonchev–Trinajstić information content (AvgIpc) is 2.46. The Morgan fingerprint density at radius 1 is 1.30 bits per heavy atom. The van der Waals surface area contributed by atoms with E-state index < -0.39 is 0 Å². The van der Waals surface area contributed by atoms with Gasteiger partial charge >= 0.3 is 0 Å². The lowest BCUT2D eigenvalue weighted by molar-refractivity contribution is 0.612. The van der Waals surface area contributed by atoms with Gasteiger partial charge in [0.1, 0.15) is 18.0 Å². The largest absolute Gasteiger partial charge is 0.366 e. The van der Waals surface area contributed by atoms with E-state index in [1.165, 1.54) is 12.4 Å². The van der Waals surface area contributed by atoms with Gasteiger partial charge in [-0.25, -0.2) is 14.4 Å². The summed E-state index contributed by atoms with van der Waals surface area (Å²) in [6.07, 6.45) is 3.41. The third kappa shape index (κ3) is 3.51. The SMILES string of the molecule is CCCc1cc(NCc2ccc(C#N)cc2F)ncn1. The summed E-state index contributed by atoms with van der Waals surface area (Å²) in [5.74, 6) is 0.284. The summed E-state index contributed by atoms with van der Waals surface area (Å²) in [6, 6.07) is 8.22. The first kappa shape index (κ1) is 13.9. The number of hydrogen-bond acceptors (Lipinski definition) is 4. The maximum absolute atomic E-state index is 13.7. The van der Waals surface area contributed by atoms with Gasteiger partial charge in [-0.1, -0.05) is 19.4 Å². The van der Waals surface area contributed by atoms with Crippen LogP contribution in [-0.4, -0.2) is 9.97 Å². The molecule has 1 aromatic heterocycles. The van der Waals surface area contributed by atoms with E-state index >= 15 is 0 Å². The van der Waals surface area contributed by atoms with Crippen LogP contribution in [0.5, 0.6) is 0 Å². The van der Waals surface area contributed by atoms with Gasteiger partial charge in [-0.15, -0.1) is 0 Å². The molecular formula is C15H15FN4. The van der Waals surface area contributed by atoms with E-state index in [1.807, 2.05) is 12.1 Å². The third-order valence-corrected chi connectivity index (χ3v) is 2.87. The maximum Gasteiger partial charge on any atom is 0.129 e. The fourth-order valence-corrected chi connectivity index (χ4v) is 1.83. The normalized spacial score (nSPS) is 10.1. The molecule has 0 saturated carbocycles. The number of nitrogens with one attached hydrogen (secondary N) is 1. The number of aryl methyl sites for hydroxylation is 1. The van der Waals surface area contributed by atoms with E-state index in [0.29, 0.717) is 23.5 Å². The van der Waals surface area contributed by atoms with Crippen molar-refractivity contribution in [3.05, 3.63) is 53.2 Å². The van der Waals surface area contributed by atoms with Crippen molar-refractivity contribution >= 4 is 5.82 Å². The second-order valence-electron chi connectivity index (χ2n) is 4.42. The zero-order valence-electron chi connectivity index (χ0n) is 11.2. The highest BCUT2D eigenvalue weighted by molar-refractivity contribution is 5.38. The zero-order chi connectivity index (χ0) is 14.4. The molecule has 0 aliphatic rings. The highest BCUT2D eigenvalue weighted by Crippen LogP contribution is 2.13. The second kappa shape index (κ2) is 6.62. The quantitative estimate of drug-likeness (QED) is 0.907. The molecule has 20 heavy (non-hydrogen) atoms. The minimum Gasteiger partial charge on any atom is -0.366 e. The van der Waals surface area contributed by atoms with Crippen LogP contribution in [0.2, 0.25) is 0 Å². The predicted molar refractivity (Wildman–Crippen MR) is 74.5 cm³/mol. The first-order chi connectivity index (χ1) is 9.72. The van der Waals surface area contributed by atoms with Gasteiger partial charge in [-0.05, 0) is 18.6 Å². The van der Waals surface area contributed by atoms with Crippen LogP contribution in [0.25, 0.3) is 0 Å². The van der Waals surface area contributed by atoms with Crippen molar-refractivity contribution < 1.29 is 4.39 Å².